The van der Waals surface area contributed by atoms with Crippen LogP contribution < -0.4 is 0 Å². The highest BCUT2D eigenvalue weighted by Gasteiger charge is 2.47. The zero-order valence-corrected chi connectivity index (χ0v) is 36.0. The first kappa shape index (κ1) is 56.8. The van der Waals surface area contributed by atoms with Crippen LogP contribution in [-0.2, 0) is 23.7 Å². The molecule has 0 amide bonds. The first-order valence-electron chi connectivity index (χ1n) is 18.4. The molecule has 0 heterocycles. The summed E-state index contributed by atoms with van der Waals surface area (Å²) in [4.78, 5) is 234. The Morgan fingerprint density at radius 1 is 0.243 bits per heavy atom. The van der Waals surface area contributed by atoms with Crippen LogP contribution in [0.4, 0.5) is 0 Å². The predicted octanol–water partition coefficient (Wildman–Crippen LogP) is 0.111. The highest BCUT2D eigenvalue weighted by Crippen LogP contribution is 2.36. The highest BCUT2D eigenvalue weighted by molar-refractivity contribution is 6.29. The molecule has 0 unspecified atom stereocenters. The van der Waals surface area contributed by atoms with Gasteiger partial charge in [0.2, 0.25) is 0 Å². The van der Waals surface area contributed by atoms with E-state index in [0.717, 1.165) is 6.92 Å². The van der Waals surface area contributed by atoms with E-state index in [2.05, 4.69) is 23.7 Å². The van der Waals surface area contributed by atoms with Crippen LogP contribution in [0.15, 0.2) is 0 Å². The Morgan fingerprint density at radius 3 is 0.554 bits per heavy atom. The number of carbonyl (C=O) groups is 18. The fraction of sp³-hybridized carbons (Fsp3) is 0.100. The molecule has 34 heteroatoms. The molecule has 0 aliphatic heterocycles. The second kappa shape index (κ2) is 21.4. The average molecular weight is 1050 g/mol. The van der Waals surface area contributed by atoms with Crippen molar-refractivity contribution < 1.29 is 166 Å². The molecule has 34 nitrogen and oxygen atoms in total. The molecule has 0 radical (unpaired) electrons. The summed E-state index contributed by atoms with van der Waals surface area (Å²) < 4.78 is 22.4. The summed E-state index contributed by atoms with van der Waals surface area (Å²) in [7, 11) is 0.723. The van der Waals surface area contributed by atoms with E-state index in [1.165, 1.54) is 0 Å². The quantitative estimate of drug-likeness (QED) is 0.0431. The molecule has 3 rings (SSSR count). The zero-order valence-electron chi connectivity index (χ0n) is 36.0. The average Bonchev–Trinajstić information content (AvgIpc) is 3.29. The van der Waals surface area contributed by atoms with Gasteiger partial charge in [0.1, 0.15) is 0 Å². The smallest absolute Gasteiger partial charge is 0.347 e. The topological polar surface area (TPSA) is 576 Å². The van der Waals surface area contributed by atoms with Crippen molar-refractivity contribution in [2.75, 3.05) is 20.8 Å². The minimum absolute atomic E-state index is 0.325. The van der Waals surface area contributed by atoms with Crippen molar-refractivity contribution in [2.24, 2.45) is 0 Å². The van der Waals surface area contributed by atoms with Gasteiger partial charge in [-0.15, -0.1) is 0 Å². The molecule has 0 saturated heterocycles. The van der Waals surface area contributed by atoms with Gasteiger partial charge < -0.3 is 79.9 Å². The first-order valence-corrected chi connectivity index (χ1v) is 18.4. The number of esters is 7. The number of ether oxygens (including phenoxy) is 5. The standard InChI is InChI=1S/C40H22O34/c1-4-72-36(65)18-15(33(61)62)19(39(68)73-37(66)16-11(29(53)54)7(25(45)46)5(23(41)42)8(26(47)48)12(16)30(55)56)22(21(35(64)71-3)20(18)34(63)70-2)40(69)74-38(67)17-13(31(57)58)9(27(49)50)6(24(43)44)10(28(51)52)14(17)32(59)60/h4H2,1-3H3,(H,41,42)(H,43,44)(H,45,46)(H,47,48)(H,49,50)(H,51,52)(H,53,54)(H,55,56)(H,57,58)(H,59,60)(H,61,62). The third kappa shape index (κ3) is 9.85. The lowest BCUT2D eigenvalue weighted by atomic mass is 9.85. The maximum Gasteiger partial charge on any atom is 0.347 e. The third-order valence-corrected chi connectivity index (χ3v) is 9.30. The number of hydrogen-bond donors (Lipinski definition) is 11. The number of carboxylic acids is 11. The molecular formula is C40H22O34. The van der Waals surface area contributed by atoms with E-state index in [4.69, 9.17) is 0 Å². The molecule has 0 aliphatic carbocycles. The largest absolute Gasteiger partial charge is 0.478 e. The second-order valence-corrected chi connectivity index (χ2v) is 13.2. The van der Waals surface area contributed by atoms with Crippen molar-refractivity contribution in [3.05, 3.63) is 100 Å². The van der Waals surface area contributed by atoms with E-state index in [1.54, 1.807) is 0 Å². The van der Waals surface area contributed by atoms with Crippen molar-refractivity contribution in [2.45, 2.75) is 6.92 Å². The molecule has 11 N–H and O–H groups in total. The molecule has 3 aromatic carbocycles. The van der Waals surface area contributed by atoms with Crippen molar-refractivity contribution in [1.29, 1.82) is 0 Å². The van der Waals surface area contributed by atoms with Crippen LogP contribution in [0.3, 0.4) is 0 Å². The summed E-state index contributed by atoms with van der Waals surface area (Å²) in [6.07, 6.45) is 0. The molecule has 3 aromatic rings. The Bertz CT molecular complexity index is 3160. The van der Waals surface area contributed by atoms with Crippen LogP contribution in [-0.4, -0.2) is 184 Å². The second-order valence-electron chi connectivity index (χ2n) is 13.2. The lowest BCUT2D eigenvalue weighted by Gasteiger charge is -2.21. The van der Waals surface area contributed by atoms with Gasteiger partial charge in [0.15, 0.2) is 0 Å². The number of hydrogen-bond acceptors (Lipinski definition) is 23. The molecule has 74 heavy (non-hydrogen) atoms. The van der Waals surface area contributed by atoms with Crippen LogP contribution in [0, 0.1) is 0 Å². The van der Waals surface area contributed by atoms with Crippen LogP contribution in [0.1, 0.15) is 193 Å². The van der Waals surface area contributed by atoms with Gasteiger partial charge in [-0.2, -0.15) is 0 Å². The Morgan fingerprint density at radius 2 is 0.378 bits per heavy atom. The maximum atomic E-state index is 14.4. The van der Waals surface area contributed by atoms with Crippen molar-refractivity contribution in [1.82, 2.24) is 0 Å². The first-order chi connectivity index (χ1) is 34.2. The minimum Gasteiger partial charge on any atom is -0.478 e. The van der Waals surface area contributed by atoms with E-state index in [0.29, 0.717) is 14.2 Å². The highest BCUT2D eigenvalue weighted by atomic mass is 16.6. The Balaban J connectivity index is 2.85. The van der Waals surface area contributed by atoms with Crippen molar-refractivity contribution in [3.8, 4) is 0 Å². The van der Waals surface area contributed by atoms with Gasteiger partial charge in [0, 0.05) is 0 Å². The fourth-order valence-electron chi connectivity index (χ4n) is 6.81. The SMILES string of the molecule is CCOC(=O)c1c(C(=O)O)c(C(=O)OC(=O)c2c(C(=O)O)c(C(=O)O)c(C(=O)O)c(C(=O)O)c2C(=O)O)c(C(=O)OC(=O)c2c(C(=O)O)c(C(=O)O)c(C(=O)O)c(C(=O)O)c2C(=O)O)c(C(=O)OC)c1C(=O)OC. The molecule has 0 aliphatic rings. The van der Waals surface area contributed by atoms with E-state index in [9.17, 15) is 142 Å². The number of methoxy groups -OCH3 is 2. The lowest BCUT2D eigenvalue weighted by molar-refractivity contribution is 0.0343. The normalized spacial score (nSPS) is 10.4. The van der Waals surface area contributed by atoms with Gasteiger partial charge in [0.05, 0.1) is 121 Å². The predicted molar refractivity (Wildman–Crippen MR) is 214 cm³/mol. The monoisotopic (exact) mass is 1050 g/mol. The van der Waals surface area contributed by atoms with Gasteiger partial charge >= 0.3 is 107 Å². The number of benzene rings is 3. The van der Waals surface area contributed by atoms with Crippen LogP contribution in [0.25, 0.3) is 0 Å². The van der Waals surface area contributed by atoms with E-state index in [1.807, 2.05) is 0 Å². The van der Waals surface area contributed by atoms with Gasteiger partial charge in [-0.05, 0) is 6.92 Å². The number of carbonyl (C=O) groups excluding carboxylic acids is 7. The molecule has 0 bridgehead atoms. The summed E-state index contributed by atoms with van der Waals surface area (Å²) in [6.45, 7) is 0.109. The van der Waals surface area contributed by atoms with Crippen LogP contribution in [0.5, 0.6) is 0 Å². The Hall–Kier alpha value is -11.5. The third-order valence-electron chi connectivity index (χ3n) is 9.30. The maximum absolute atomic E-state index is 14.4. The lowest BCUT2D eigenvalue weighted by Crippen LogP contribution is -2.33. The van der Waals surface area contributed by atoms with Crippen molar-refractivity contribution >= 4 is 107 Å². The zero-order chi connectivity index (χ0) is 57.0. The Labute approximate surface area is 401 Å². The summed E-state index contributed by atoms with van der Waals surface area (Å²) in [5.74, 6) is -49.3. The number of carboxylic acid groups (broad SMARTS) is 11. The molecule has 0 spiro atoms. The fourth-order valence-corrected chi connectivity index (χ4v) is 6.81. The summed E-state index contributed by atoms with van der Waals surface area (Å²) in [5.41, 5.74) is -40.6. The van der Waals surface area contributed by atoms with Gasteiger partial charge in [-0.1, -0.05) is 0 Å². The number of aromatic carboxylic acids is 11. The van der Waals surface area contributed by atoms with Crippen molar-refractivity contribution in [3.63, 3.8) is 0 Å². The van der Waals surface area contributed by atoms with Crippen LogP contribution >= 0.6 is 0 Å². The molecule has 0 fully saturated rings. The molecule has 386 valence electrons. The van der Waals surface area contributed by atoms with E-state index >= 15 is 0 Å². The molecular weight excluding hydrogens is 1020 g/mol. The van der Waals surface area contributed by atoms with E-state index in [-0.39, 0.29) is 0 Å². The summed E-state index contributed by atoms with van der Waals surface area (Å²) in [6, 6.07) is 0. The van der Waals surface area contributed by atoms with Gasteiger partial charge in [-0.25, -0.2) is 86.3 Å². The summed E-state index contributed by atoms with van der Waals surface area (Å²) in [5, 5.41) is 109. The van der Waals surface area contributed by atoms with Gasteiger partial charge in [-0.3, -0.25) is 0 Å². The molecule has 0 aromatic heterocycles. The van der Waals surface area contributed by atoms with E-state index < -0.39 is 214 Å². The number of rotatable bonds is 19. The Kier molecular flexibility index (Phi) is 16.5. The molecule has 0 saturated carbocycles. The summed E-state index contributed by atoms with van der Waals surface area (Å²) >= 11 is 0. The molecule has 0 atom stereocenters. The van der Waals surface area contributed by atoms with Gasteiger partial charge in [0.25, 0.3) is 0 Å². The van der Waals surface area contributed by atoms with Crippen LogP contribution in [0.2, 0.25) is 0 Å². The minimum atomic E-state index is -3.03.